The highest BCUT2D eigenvalue weighted by Crippen LogP contribution is 2.10. The molecule has 0 spiro atoms. The van der Waals surface area contributed by atoms with Gasteiger partial charge in [-0.1, -0.05) is 0 Å². The van der Waals surface area contributed by atoms with Gasteiger partial charge in [0.1, 0.15) is 6.54 Å². The Labute approximate surface area is 92.9 Å². The first-order chi connectivity index (χ1) is 7.74. The Balaban J connectivity index is 1.71. The molecular weight excluding hydrogens is 210 g/mol. The smallest absolute Gasteiger partial charge is 0.243 e. The molecule has 1 fully saturated rings. The van der Waals surface area contributed by atoms with Gasteiger partial charge in [0.2, 0.25) is 5.91 Å². The van der Waals surface area contributed by atoms with Gasteiger partial charge in [-0.15, -0.1) is 5.10 Å². The Bertz CT molecular complexity index is 359. The normalized spacial score (nSPS) is 19.9. The van der Waals surface area contributed by atoms with Crippen LogP contribution in [0.5, 0.6) is 0 Å². The van der Waals surface area contributed by atoms with E-state index in [1.807, 2.05) is 0 Å². The number of ether oxygens (including phenoxy) is 1. The van der Waals surface area contributed by atoms with Gasteiger partial charge in [-0.2, -0.15) is 9.90 Å². The number of carbonyl (C=O) groups excluding carboxylic acids is 1. The molecule has 16 heavy (non-hydrogen) atoms. The number of aromatic nitrogens is 3. The van der Waals surface area contributed by atoms with Crippen molar-refractivity contribution in [2.75, 3.05) is 18.9 Å². The fourth-order valence-corrected chi connectivity index (χ4v) is 1.60. The summed E-state index contributed by atoms with van der Waals surface area (Å²) in [5, 5.41) is 10.4. The van der Waals surface area contributed by atoms with Crippen LogP contribution in [0.4, 0.5) is 5.82 Å². The zero-order valence-electron chi connectivity index (χ0n) is 8.93. The molecule has 0 radical (unpaired) electrons. The van der Waals surface area contributed by atoms with E-state index in [1.165, 1.54) is 11.0 Å². The molecule has 1 aliphatic rings. The van der Waals surface area contributed by atoms with Crippen LogP contribution in [0.1, 0.15) is 12.8 Å². The minimum atomic E-state index is -0.133. The Hall–Kier alpha value is -1.63. The number of nitrogens with two attached hydrogens (primary N) is 1. The van der Waals surface area contributed by atoms with Gasteiger partial charge in [-0.25, -0.2) is 0 Å². The van der Waals surface area contributed by atoms with Crippen LogP contribution in [0.2, 0.25) is 0 Å². The number of nitrogens with zero attached hydrogens (tertiary/aromatic N) is 3. The van der Waals surface area contributed by atoms with Crippen molar-refractivity contribution in [2.24, 2.45) is 0 Å². The Morgan fingerprint density at radius 1 is 1.75 bits per heavy atom. The van der Waals surface area contributed by atoms with Crippen molar-refractivity contribution in [3.05, 3.63) is 6.20 Å². The molecule has 88 valence electrons. The highest BCUT2D eigenvalue weighted by Gasteiger charge is 2.16. The molecule has 1 unspecified atom stereocenters. The van der Waals surface area contributed by atoms with E-state index in [4.69, 9.17) is 10.5 Å². The van der Waals surface area contributed by atoms with Gasteiger partial charge in [-0.05, 0) is 12.8 Å². The molecule has 0 aliphatic carbocycles. The number of amides is 1. The van der Waals surface area contributed by atoms with Crippen LogP contribution < -0.4 is 11.1 Å². The Morgan fingerprint density at radius 2 is 2.62 bits per heavy atom. The zero-order chi connectivity index (χ0) is 11.4. The third-order valence-electron chi connectivity index (χ3n) is 2.39. The minimum absolute atomic E-state index is 0.0872. The second-order valence-electron chi connectivity index (χ2n) is 3.74. The number of rotatable bonds is 4. The van der Waals surface area contributed by atoms with Crippen molar-refractivity contribution >= 4 is 11.7 Å². The van der Waals surface area contributed by atoms with Gasteiger partial charge in [0.25, 0.3) is 0 Å². The minimum Gasteiger partial charge on any atom is -0.381 e. The number of hydrogen-bond acceptors (Lipinski definition) is 5. The molecule has 1 atom stereocenters. The maximum atomic E-state index is 11.5. The SMILES string of the molecule is Nc1cnn(CC(=O)NCC2CCCO2)n1. The molecule has 7 nitrogen and oxygen atoms in total. The zero-order valence-corrected chi connectivity index (χ0v) is 8.93. The Kier molecular flexibility index (Phi) is 3.35. The molecule has 1 aromatic rings. The van der Waals surface area contributed by atoms with E-state index < -0.39 is 0 Å². The molecular formula is C9H15N5O2. The first-order valence-corrected chi connectivity index (χ1v) is 5.28. The van der Waals surface area contributed by atoms with Gasteiger partial charge in [0.15, 0.2) is 5.82 Å². The summed E-state index contributed by atoms with van der Waals surface area (Å²) in [5.41, 5.74) is 5.38. The van der Waals surface area contributed by atoms with Gasteiger partial charge < -0.3 is 15.8 Å². The molecule has 1 aromatic heterocycles. The number of hydrogen-bond donors (Lipinski definition) is 2. The van der Waals surface area contributed by atoms with Crippen molar-refractivity contribution in [2.45, 2.75) is 25.5 Å². The molecule has 2 heterocycles. The summed E-state index contributed by atoms with van der Waals surface area (Å²) in [4.78, 5) is 12.7. The second-order valence-corrected chi connectivity index (χ2v) is 3.74. The lowest BCUT2D eigenvalue weighted by Gasteiger charge is -2.10. The molecule has 2 rings (SSSR count). The van der Waals surface area contributed by atoms with E-state index in [2.05, 4.69) is 15.5 Å². The standard InChI is InChI=1S/C9H15N5O2/c10-8-5-12-14(13-8)6-9(15)11-4-7-2-1-3-16-7/h5,7H,1-4,6H2,(H2,10,13)(H,11,15). The molecule has 1 saturated heterocycles. The summed E-state index contributed by atoms with van der Waals surface area (Å²) in [6, 6.07) is 0. The predicted octanol–water partition coefficient (Wildman–Crippen LogP) is -0.845. The highest BCUT2D eigenvalue weighted by atomic mass is 16.5. The largest absolute Gasteiger partial charge is 0.381 e. The van der Waals surface area contributed by atoms with E-state index in [9.17, 15) is 4.79 Å². The summed E-state index contributed by atoms with van der Waals surface area (Å²) < 4.78 is 5.38. The summed E-state index contributed by atoms with van der Waals surface area (Å²) in [6.45, 7) is 1.43. The van der Waals surface area contributed by atoms with Crippen LogP contribution in [0, 0.1) is 0 Å². The van der Waals surface area contributed by atoms with Gasteiger partial charge in [0, 0.05) is 13.2 Å². The van der Waals surface area contributed by atoms with Gasteiger partial charge in [0.05, 0.1) is 12.3 Å². The Morgan fingerprint density at radius 3 is 3.25 bits per heavy atom. The third kappa shape index (κ3) is 2.93. The molecule has 7 heteroatoms. The first kappa shape index (κ1) is 10.9. The van der Waals surface area contributed by atoms with Gasteiger partial charge >= 0.3 is 0 Å². The van der Waals surface area contributed by atoms with Crippen molar-refractivity contribution in [3.63, 3.8) is 0 Å². The average molecular weight is 225 g/mol. The van der Waals surface area contributed by atoms with Crippen LogP contribution in [-0.4, -0.2) is 40.2 Å². The van der Waals surface area contributed by atoms with E-state index >= 15 is 0 Å². The number of nitrogen functional groups attached to an aromatic ring is 1. The first-order valence-electron chi connectivity index (χ1n) is 5.28. The molecule has 0 aromatic carbocycles. The fraction of sp³-hybridized carbons (Fsp3) is 0.667. The quantitative estimate of drug-likeness (QED) is 0.696. The summed E-state index contributed by atoms with van der Waals surface area (Å²) in [6.07, 6.45) is 3.64. The van der Waals surface area contributed by atoms with Gasteiger partial charge in [-0.3, -0.25) is 4.79 Å². The number of anilines is 1. The maximum absolute atomic E-state index is 11.5. The van der Waals surface area contributed by atoms with Crippen LogP contribution in [0.15, 0.2) is 6.20 Å². The lowest BCUT2D eigenvalue weighted by atomic mass is 10.2. The second kappa shape index (κ2) is 4.93. The summed E-state index contributed by atoms with van der Waals surface area (Å²) in [7, 11) is 0. The topological polar surface area (TPSA) is 95.1 Å². The van der Waals surface area contributed by atoms with E-state index in [-0.39, 0.29) is 18.6 Å². The van der Waals surface area contributed by atoms with Crippen LogP contribution in [0.3, 0.4) is 0 Å². The molecule has 3 N–H and O–H groups in total. The van der Waals surface area contributed by atoms with Crippen molar-refractivity contribution in [1.29, 1.82) is 0 Å². The average Bonchev–Trinajstić information content (AvgIpc) is 2.87. The summed E-state index contributed by atoms with van der Waals surface area (Å²) >= 11 is 0. The van der Waals surface area contributed by atoms with Crippen LogP contribution in [0.25, 0.3) is 0 Å². The fourth-order valence-electron chi connectivity index (χ4n) is 1.60. The summed E-state index contributed by atoms with van der Waals surface area (Å²) in [5.74, 6) is 0.179. The van der Waals surface area contributed by atoms with Crippen molar-refractivity contribution < 1.29 is 9.53 Å². The van der Waals surface area contributed by atoms with E-state index in [0.717, 1.165) is 19.4 Å². The number of carbonyl (C=O) groups is 1. The molecule has 1 aliphatic heterocycles. The van der Waals surface area contributed by atoms with Crippen molar-refractivity contribution in [3.8, 4) is 0 Å². The monoisotopic (exact) mass is 225 g/mol. The van der Waals surface area contributed by atoms with Crippen molar-refractivity contribution in [1.82, 2.24) is 20.3 Å². The lowest BCUT2D eigenvalue weighted by molar-refractivity contribution is -0.122. The predicted molar refractivity (Wildman–Crippen MR) is 56.4 cm³/mol. The van der Waals surface area contributed by atoms with E-state index in [1.54, 1.807) is 0 Å². The highest BCUT2D eigenvalue weighted by molar-refractivity contribution is 5.75. The molecule has 0 bridgehead atoms. The molecule has 1 amide bonds. The third-order valence-corrected chi connectivity index (χ3v) is 2.39. The lowest BCUT2D eigenvalue weighted by Crippen LogP contribution is -2.34. The van der Waals surface area contributed by atoms with Crippen LogP contribution >= 0.6 is 0 Å². The molecule has 0 saturated carbocycles. The number of nitrogens with one attached hydrogen (secondary N) is 1. The van der Waals surface area contributed by atoms with Crippen LogP contribution in [-0.2, 0) is 16.1 Å². The van der Waals surface area contributed by atoms with E-state index in [0.29, 0.717) is 12.4 Å². The maximum Gasteiger partial charge on any atom is 0.243 e.